The van der Waals surface area contributed by atoms with Crippen molar-refractivity contribution < 1.29 is 19.7 Å². The molecule has 2 unspecified atom stereocenters. The van der Waals surface area contributed by atoms with Crippen molar-refractivity contribution in [2.24, 2.45) is 11.8 Å². The van der Waals surface area contributed by atoms with Crippen LogP contribution in [0.5, 0.6) is 5.75 Å². The fourth-order valence-corrected chi connectivity index (χ4v) is 4.27. The van der Waals surface area contributed by atoms with Crippen LogP contribution in [-0.4, -0.2) is 71.0 Å². The Morgan fingerprint density at radius 1 is 1.25 bits per heavy atom. The van der Waals surface area contributed by atoms with Crippen LogP contribution in [0.4, 0.5) is 5.95 Å². The maximum atomic E-state index is 12.9. The lowest BCUT2D eigenvalue weighted by Crippen LogP contribution is -2.29. The van der Waals surface area contributed by atoms with Crippen LogP contribution in [0.15, 0.2) is 42.5 Å². The average Bonchev–Trinajstić information content (AvgIpc) is 3.15. The number of benzene rings is 2. The molecule has 1 aromatic heterocycles. The lowest BCUT2D eigenvalue weighted by Gasteiger charge is -2.26. The van der Waals surface area contributed by atoms with E-state index < -0.39 is 0 Å². The Kier molecular flexibility index (Phi) is 6.74. The molecule has 0 saturated carbocycles. The van der Waals surface area contributed by atoms with Crippen LogP contribution in [0.2, 0.25) is 0 Å². The number of hydrogen-bond acceptors (Lipinski definition) is 6. The number of imidazole rings is 1. The molecule has 3 N–H and O–H groups in total. The van der Waals surface area contributed by atoms with Gasteiger partial charge in [-0.25, -0.2) is 4.98 Å². The third-order valence-corrected chi connectivity index (χ3v) is 5.78. The molecule has 3 aromatic rings. The second-order valence-corrected chi connectivity index (χ2v) is 8.65. The smallest absolute Gasteiger partial charge is 0.257 e. The Balaban J connectivity index is 1.79. The third-order valence-electron chi connectivity index (χ3n) is 5.78. The predicted molar refractivity (Wildman–Crippen MR) is 123 cm³/mol. The fraction of sp³-hybridized carbons (Fsp3) is 0.417. The number of aliphatic hydroxyl groups excluding tert-OH is 2. The summed E-state index contributed by atoms with van der Waals surface area (Å²) in [5.74, 6) is 0.926. The van der Waals surface area contributed by atoms with Gasteiger partial charge >= 0.3 is 0 Å². The van der Waals surface area contributed by atoms with Crippen LogP contribution >= 0.6 is 0 Å². The summed E-state index contributed by atoms with van der Waals surface area (Å²) in [6.07, 6.45) is 0.665. The zero-order chi connectivity index (χ0) is 22.7. The molecule has 2 aromatic carbocycles. The lowest BCUT2D eigenvalue weighted by atomic mass is 9.96. The average molecular weight is 439 g/mol. The predicted octanol–water partition coefficient (Wildman–Crippen LogP) is 2.00. The van der Waals surface area contributed by atoms with Crippen molar-refractivity contribution in [1.29, 1.82) is 0 Å². The molecule has 0 aliphatic carbocycles. The van der Waals surface area contributed by atoms with Crippen molar-refractivity contribution in [2.75, 3.05) is 45.8 Å². The highest BCUT2D eigenvalue weighted by molar-refractivity contribution is 6.04. The molecule has 0 radical (unpaired) electrons. The van der Waals surface area contributed by atoms with Gasteiger partial charge in [0, 0.05) is 49.3 Å². The van der Waals surface area contributed by atoms with Gasteiger partial charge in [0.05, 0.1) is 17.6 Å². The summed E-state index contributed by atoms with van der Waals surface area (Å²) in [4.78, 5) is 19.6. The highest BCUT2D eigenvalue weighted by atomic mass is 16.5. The minimum Gasteiger partial charge on any atom is -0.493 e. The molecule has 0 spiro atoms. The van der Waals surface area contributed by atoms with Crippen LogP contribution in [0, 0.1) is 11.8 Å². The van der Waals surface area contributed by atoms with E-state index in [2.05, 4.69) is 5.32 Å². The summed E-state index contributed by atoms with van der Waals surface area (Å²) < 4.78 is 7.87. The second kappa shape index (κ2) is 9.68. The first-order chi connectivity index (χ1) is 15.5. The maximum absolute atomic E-state index is 12.9. The molecule has 1 amide bonds. The Bertz CT molecular complexity index is 1080. The number of carbonyl (C=O) groups is 1. The normalized spacial score (nSPS) is 16.6. The van der Waals surface area contributed by atoms with E-state index in [9.17, 15) is 15.0 Å². The van der Waals surface area contributed by atoms with E-state index in [1.54, 1.807) is 12.1 Å². The molecule has 8 nitrogen and oxygen atoms in total. The van der Waals surface area contributed by atoms with Crippen LogP contribution in [0.25, 0.3) is 11.0 Å². The Morgan fingerprint density at radius 2 is 2.03 bits per heavy atom. The molecule has 4 rings (SSSR count). The van der Waals surface area contributed by atoms with E-state index in [1.165, 1.54) is 0 Å². The maximum Gasteiger partial charge on any atom is 0.257 e. The molecule has 0 saturated heterocycles. The topological polar surface area (TPSA) is 99.9 Å². The van der Waals surface area contributed by atoms with Gasteiger partial charge in [0.2, 0.25) is 5.95 Å². The Morgan fingerprint density at radius 3 is 2.72 bits per heavy atom. The summed E-state index contributed by atoms with van der Waals surface area (Å²) in [5.41, 5.74) is 3.14. The molecular formula is C24H30N4O4. The zero-order valence-corrected chi connectivity index (χ0v) is 18.5. The van der Waals surface area contributed by atoms with Crippen molar-refractivity contribution in [2.45, 2.75) is 13.0 Å². The first-order valence-electron chi connectivity index (χ1n) is 10.9. The van der Waals surface area contributed by atoms with Crippen molar-refractivity contribution in [1.82, 2.24) is 14.5 Å². The SMILES string of the molecule is CN(C)CC(CO)Cn1c(NC(=O)c2ccccc2)nc2ccc3c(c21)CC(CO)CO3. The second-order valence-electron chi connectivity index (χ2n) is 8.65. The molecule has 2 atom stereocenters. The standard InChI is InChI=1S/C24H30N4O4/c1-27(2)11-17(14-30)12-28-22-19-10-16(13-29)15-32-21(19)9-8-20(22)25-24(28)26-23(31)18-6-4-3-5-7-18/h3-9,16-17,29-30H,10-15H2,1-2H3,(H,25,26,31). The van der Waals surface area contributed by atoms with E-state index in [1.807, 2.05) is 53.9 Å². The molecule has 1 aliphatic heterocycles. The third kappa shape index (κ3) is 4.62. The van der Waals surface area contributed by atoms with E-state index in [0.29, 0.717) is 37.6 Å². The highest BCUT2D eigenvalue weighted by Gasteiger charge is 2.26. The van der Waals surface area contributed by atoms with E-state index >= 15 is 0 Å². The number of aromatic nitrogens is 2. The molecular weight excluding hydrogens is 408 g/mol. The quantitative estimate of drug-likeness (QED) is 0.498. The van der Waals surface area contributed by atoms with Crippen LogP contribution in [0.1, 0.15) is 15.9 Å². The molecule has 32 heavy (non-hydrogen) atoms. The van der Waals surface area contributed by atoms with E-state index in [4.69, 9.17) is 9.72 Å². The van der Waals surface area contributed by atoms with E-state index in [0.717, 1.165) is 22.3 Å². The highest BCUT2D eigenvalue weighted by Crippen LogP contribution is 2.36. The van der Waals surface area contributed by atoms with Gasteiger partial charge in [0.1, 0.15) is 5.75 Å². The number of aliphatic hydroxyl groups is 2. The zero-order valence-electron chi connectivity index (χ0n) is 18.5. The minimum absolute atomic E-state index is 0.00854. The largest absolute Gasteiger partial charge is 0.493 e. The van der Waals surface area contributed by atoms with Crippen molar-refractivity contribution >= 4 is 22.9 Å². The monoisotopic (exact) mass is 438 g/mol. The number of hydrogen-bond donors (Lipinski definition) is 3. The Labute approximate surface area is 187 Å². The van der Waals surface area contributed by atoms with E-state index in [-0.39, 0.29) is 31.0 Å². The lowest BCUT2D eigenvalue weighted by molar-refractivity contribution is 0.102. The van der Waals surface area contributed by atoms with Gasteiger partial charge in [-0.3, -0.25) is 10.1 Å². The Hall–Kier alpha value is -2.94. The number of anilines is 1. The van der Waals surface area contributed by atoms with Gasteiger partial charge < -0.3 is 24.4 Å². The van der Waals surface area contributed by atoms with Gasteiger partial charge in [0.15, 0.2) is 0 Å². The number of rotatable bonds is 8. The molecule has 170 valence electrons. The number of carbonyl (C=O) groups excluding carboxylic acids is 1. The van der Waals surface area contributed by atoms with Crippen LogP contribution < -0.4 is 10.1 Å². The first-order valence-corrected chi connectivity index (χ1v) is 10.9. The first kappa shape index (κ1) is 22.3. The summed E-state index contributed by atoms with van der Waals surface area (Å²) in [6, 6.07) is 12.8. The number of fused-ring (bicyclic) bond motifs is 3. The number of nitrogens with zero attached hydrogens (tertiary/aromatic N) is 3. The van der Waals surface area contributed by atoms with Crippen LogP contribution in [-0.2, 0) is 13.0 Å². The molecule has 1 aliphatic rings. The van der Waals surface area contributed by atoms with Crippen molar-refractivity contribution in [3.8, 4) is 5.75 Å². The van der Waals surface area contributed by atoms with Gasteiger partial charge in [-0.1, -0.05) is 18.2 Å². The molecule has 0 fully saturated rings. The number of amides is 1. The van der Waals surface area contributed by atoms with Gasteiger partial charge in [-0.05, 0) is 44.8 Å². The van der Waals surface area contributed by atoms with Gasteiger partial charge in [-0.2, -0.15) is 0 Å². The fourth-order valence-electron chi connectivity index (χ4n) is 4.27. The molecule has 0 bridgehead atoms. The number of ether oxygens (including phenoxy) is 1. The molecule has 8 heteroatoms. The summed E-state index contributed by atoms with van der Waals surface area (Å²) in [6.45, 7) is 1.69. The number of nitrogens with one attached hydrogen (secondary N) is 1. The van der Waals surface area contributed by atoms with Gasteiger partial charge in [-0.15, -0.1) is 0 Å². The van der Waals surface area contributed by atoms with Crippen molar-refractivity contribution in [3.05, 3.63) is 53.6 Å². The van der Waals surface area contributed by atoms with Crippen LogP contribution in [0.3, 0.4) is 0 Å². The summed E-state index contributed by atoms with van der Waals surface area (Å²) in [7, 11) is 3.93. The summed E-state index contributed by atoms with van der Waals surface area (Å²) >= 11 is 0. The molecule has 2 heterocycles. The minimum atomic E-state index is -0.242. The summed E-state index contributed by atoms with van der Waals surface area (Å²) in [5, 5.41) is 22.7. The van der Waals surface area contributed by atoms with Gasteiger partial charge in [0.25, 0.3) is 5.91 Å². The van der Waals surface area contributed by atoms with Crippen molar-refractivity contribution in [3.63, 3.8) is 0 Å².